The minimum atomic E-state index is -0.318. The van der Waals surface area contributed by atoms with E-state index in [1.807, 2.05) is 66.9 Å². The van der Waals surface area contributed by atoms with Crippen LogP contribution in [0.15, 0.2) is 70.2 Å². The molecule has 1 heterocycles. The number of carbonyl (C=O) groups excluding carboxylic acids is 1. The Labute approximate surface area is 147 Å². The molecule has 1 aromatic heterocycles. The summed E-state index contributed by atoms with van der Waals surface area (Å²) in [5.74, 6) is 0.0858. The Balaban J connectivity index is 1.92. The highest BCUT2D eigenvalue weighted by molar-refractivity contribution is 8.02. The van der Waals surface area contributed by atoms with Gasteiger partial charge in [-0.15, -0.1) is 0 Å². The summed E-state index contributed by atoms with van der Waals surface area (Å²) in [6.45, 7) is 0. The van der Waals surface area contributed by atoms with Crippen molar-refractivity contribution in [2.75, 3.05) is 6.26 Å². The summed E-state index contributed by atoms with van der Waals surface area (Å²) in [6.07, 6.45) is 1.94. The van der Waals surface area contributed by atoms with Crippen molar-refractivity contribution in [3.8, 4) is 0 Å². The van der Waals surface area contributed by atoms with Crippen molar-refractivity contribution in [3.63, 3.8) is 0 Å². The molecule has 3 rings (SSSR count). The third-order valence-electron chi connectivity index (χ3n) is 3.19. The lowest BCUT2D eigenvalue weighted by atomic mass is 10.0. The number of aromatic nitrogens is 2. The molecule has 116 valence electrons. The molecule has 3 aromatic rings. The Hall–Kier alpha value is -1.63. The zero-order valence-corrected chi connectivity index (χ0v) is 14.8. The fraction of sp³-hybridized carbons (Fsp3) is 0.118. The summed E-state index contributed by atoms with van der Waals surface area (Å²) < 4.78 is 5.09. The van der Waals surface area contributed by atoms with E-state index < -0.39 is 0 Å². The molecule has 0 N–H and O–H groups in total. The van der Waals surface area contributed by atoms with E-state index in [4.69, 9.17) is 0 Å². The maximum absolute atomic E-state index is 13.0. The predicted molar refractivity (Wildman–Crippen MR) is 97.5 cm³/mol. The zero-order chi connectivity index (χ0) is 16.1. The van der Waals surface area contributed by atoms with E-state index in [-0.39, 0.29) is 11.0 Å². The molecule has 0 saturated heterocycles. The van der Waals surface area contributed by atoms with Gasteiger partial charge in [0.2, 0.25) is 5.16 Å². The molecule has 0 saturated carbocycles. The van der Waals surface area contributed by atoms with Gasteiger partial charge in [0.1, 0.15) is 0 Å². The minimum Gasteiger partial charge on any atom is -0.293 e. The summed E-state index contributed by atoms with van der Waals surface area (Å²) in [5, 5.41) is 0.428. The SMILES string of the molecule is CSc1nsc(SC(C(=O)c2ccccc2)c2ccccc2)n1. The highest BCUT2D eigenvalue weighted by Gasteiger charge is 2.24. The maximum atomic E-state index is 13.0. The van der Waals surface area contributed by atoms with Crippen molar-refractivity contribution in [1.82, 2.24) is 9.36 Å². The monoisotopic (exact) mass is 358 g/mol. The van der Waals surface area contributed by atoms with Crippen LogP contribution in [-0.4, -0.2) is 21.4 Å². The Bertz CT molecular complexity index is 775. The molecule has 0 spiro atoms. The van der Waals surface area contributed by atoms with Crippen molar-refractivity contribution in [2.24, 2.45) is 0 Å². The molecule has 23 heavy (non-hydrogen) atoms. The van der Waals surface area contributed by atoms with Crippen molar-refractivity contribution in [2.45, 2.75) is 14.7 Å². The van der Waals surface area contributed by atoms with Crippen LogP contribution in [0.5, 0.6) is 0 Å². The average Bonchev–Trinajstić information content (AvgIpc) is 3.08. The van der Waals surface area contributed by atoms with Crippen LogP contribution in [0.1, 0.15) is 21.2 Å². The third-order valence-corrected chi connectivity index (χ3v) is 5.89. The Kier molecular flexibility index (Phi) is 5.48. The van der Waals surface area contributed by atoms with E-state index in [1.54, 1.807) is 0 Å². The molecule has 6 heteroatoms. The van der Waals surface area contributed by atoms with E-state index in [0.29, 0.717) is 5.56 Å². The van der Waals surface area contributed by atoms with Crippen LogP contribution in [-0.2, 0) is 0 Å². The second-order valence-corrected chi connectivity index (χ2v) is 7.56. The van der Waals surface area contributed by atoms with Gasteiger partial charge in [-0.1, -0.05) is 84.2 Å². The first-order valence-electron chi connectivity index (χ1n) is 6.96. The van der Waals surface area contributed by atoms with Crippen LogP contribution in [0.3, 0.4) is 0 Å². The first-order valence-corrected chi connectivity index (χ1v) is 9.84. The fourth-order valence-corrected chi connectivity index (χ4v) is 4.57. The summed E-state index contributed by atoms with van der Waals surface area (Å²) in [7, 11) is 0. The second kappa shape index (κ2) is 7.77. The van der Waals surface area contributed by atoms with Gasteiger partial charge >= 0.3 is 0 Å². The number of carbonyl (C=O) groups is 1. The Morgan fingerprint density at radius 2 is 1.70 bits per heavy atom. The Morgan fingerprint density at radius 3 is 2.30 bits per heavy atom. The van der Waals surface area contributed by atoms with E-state index >= 15 is 0 Å². The zero-order valence-electron chi connectivity index (χ0n) is 12.4. The average molecular weight is 359 g/mol. The molecule has 3 nitrogen and oxygen atoms in total. The molecule has 0 aliphatic carbocycles. The molecular weight excluding hydrogens is 344 g/mol. The molecule has 0 aliphatic heterocycles. The first kappa shape index (κ1) is 16.2. The molecule has 0 bridgehead atoms. The Morgan fingerprint density at radius 1 is 1.04 bits per heavy atom. The van der Waals surface area contributed by atoms with Crippen LogP contribution in [0.2, 0.25) is 0 Å². The topological polar surface area (TPSA) is 42.9 Å². The van der Waals surface area contributed by atoms with Gasteiger partial charge in [0.05, 0.1) is 5.25 Å². The van der Waals surface area contributed by atoms with Crippen LogP contribution in [0.25, 0.3) is 0 Å². The lowest BCUT2D eigenvalue weighted by Gasteiger charge is -2.14. The maximum Gasteiger partial charge on any atom is 0.200 e. The van der Waals surface area contributed by atoms with Crippen LogP contribution >= 0.6 is 35.1 Å². The molecule has 0 radical (unpaired) electrons. The molecule has 1 unspecified atom stereocenters. The van der Waals surface area contributed by atoms with E-state index in [2.05, 4.69) is 9.36 Å². The highest BCUT2D eigenvalue weighted by Crippen LogP contribution is 2.39. The van der Waals surface area contributed by atoms with Crippen LogP contribution < -0.4 is 0 Å². The normalized spacial score (nSPS) is 12.0. The number of hydrogen-bond donors (Lipinski definition) is 0. The number of benzene rings is 2. The second-order valence-electron chi connectivity index (χ2n) is 4.69. The number of thioether (sulfide) groups is 2. The standard InChI is InChI=1S/C17H14N2OS3/c1-21-16-18-17(23-19-16)22-15(13-10-6-3-7-11-13)14(20)12-8-4-2-5-9-12/h2-11,15H,1H3. The van der Waals surface area contributed by atoms with Gasteiger partial charge in [0.25, 0.3) is 0 Å². The van der Waals surface area contributed by atoms with Crippen molar-refractivity contribution >= 4 is 40.8 Å². The van der Waals surface area contributed by atoms with Crippen LogP contribution in [0.4, 0.5) is 0 Å². The van der Waals surface area contributed by atoms with Gasteiger partial charge in [-0.05, 0) is 23.4 Å². The number of ketones is 1. The number of Topliss-reactive ketones (excluding diaryl/α,β-unsaturated/α-hetero) is 1. The van der Waals surface area contributed by atoms with E-state index in [9.17, 15) is 4.79 Å². The van der Waals surface area contributed by atoms with E-state index in [0.717, 1.165) is 15.1 Å². The van der Waals surface area contributed by atoms with Crippen molar-refractivity contribution in [1.29, 1.82) is 0 Å². The molecule has 2 aromatic carbocycles. The third kappa shape index (κ3) is 4.02. The summed E-state index contributed by atoms with van der Waals surface area (Å²) in [6, 6.07) is 19.2. The molecule has 1 atom stereocenters. The van der Waals surface area contributed by atoms with Gasteiger partial charge in [0.15, 0.2) is 10.1 Å². The predicted octanol–water partition coefficient (Wildman–Crippen LogP) is 4.98. The smallest absolute Gasteiger partial charge is 0.200 e. The van der Waals surface area contributed by atoms with Crippen molar-refractivity contribution in [3.05, 3.63) is 71.8 Å². The van der Waals surface area contributed by atoms with Gasteiger partial charge in [0, 0.05) is 5.56 Å². The molecule has 0 aliphatic rings. The highest BCUT2D eigenvalue weighted by atomic mass is 32.2. The quantitative estimate of drug-likeness (QED) is 0.459. The summed E-state index contributed by atoms with van der Waals surface area (Å²) in [4.78, 5) is 17.4. The molecule has 0 fully saturated rings. The fourth-order valence-electron chi connectivity index (χ4n) is 2.08. The number of rotatable bonds is 6. The lowest BCUT2D eigenvalue weighted by Crippen LogP contribution is -2.09. The van der Waals surface area contributed by atoms with E-state index in [1.165, 1.54) is 35.1 Å². The number of nitrogens with zero attached hydrogens (tertiary/aromatic N) is 2. The largest absolute Gasteiger partial charge is 0.293 e. The first-order chi connectivity index (χ1) is 11.3. The number of hydrogen-bond acceptors (Lipinski definition) is 6. The van der Waals surface area contributed by atoms with Gasteiger partial charge in [-0.25, -0.2) is 4.98 Å². The van der Waals surface area contributed by atoms with Crippen molar-refractivity contribution < 1.29 is 4.79 Å². The molecule has 0 amide bonds. The van der Waals surface area contributed by atoms with Gasteiger partial charge < -0.3 is 0 Å². The van der Waals surface area contributed by atoms with Crippen LogP contribution in [0, 0.1) is 0 Å². The van der Waals surface area contributed by atoms with Gasteiger partial charge in [-0.3, -0.25) is 4.79 Å². The summed E-state index contributed by atoms with van der Waals surface area (Å²) in [5.41, 5.74) is 1.69. The minimum absolute atomic E-state index is 0.0858. The summed E-state index contributed by atoms with van der Waals surface area (Å²) >= 11 is 4.31. The molecular formula is C17H14N2OS3. The lowest BCUT2D eigenvalue weighted by molar-refractivity contribution is 0.0989. The van der Waals surface area contributed by atoms with Gasteiger partial charge in [-0.2, -0.15) is 4.37 Å².